The molecular formula is C7H10O. The zero-order valence-corrected chi connectivity index (χ0v) is 4.75. The Morgan fingerprint density at radius 3 is 2.38 bits per heavy atom. The number of fused-ring (bicyclic) bond motifs is 2. The van der Waals surface area contributed by atoms with Crippen LogP contribution in [0.5, 0.6) is 0 Å². The highest BCUT2D eigenvalue weighted by Gasteiger charge is 2.33. The van der Waals surface area contributed by atoms with Gasteiger partial charge in [0, 0.05) is 5.92 Å². The zero-order chi connectivity index (χ0) is 5.56. The summed E-state index contributed by atoms with van der Waals surface area (Å²) >= 11 is 0. The second-order valence-electron chi connectivity index (χ2n) is 2.85. The summed E-state index contributed by atoms with van der Waals surface area (Å²) in [5.74, 6) is 1.23. The highest BCUT2D eigenvalue weighted by Crippen LogP contribution is 2.38. The Kier molecular flexibility index (Phi) is 0.770. The Morgan fingerprint density at radius 1 is 1.25 bits per heavy atom. The van der Waals surface area contributed by atoms with Crippen molar-refractivity contribution >= 4 is 0 Å². The van der Waals surface area contributed by atoms with Gasteiger partial charge in [-0.2, -0.15) is 0 Å². The summed E-state index contributed by atoms with van der Waals surface area (Å²) in [7, 11) is 0. The fraction of sp³-hybridized carbons (Fsp3) is 0.714. The second-order valence-corrected chi connectivity index (χ2v) is 2.85. The Balaban J connectivity index is 2.23. The van der Waals surface area contributed by atoms with Gasteiger partial charge in [0.15, 0.2) is 0 Å². The Hall–Kier alpha value is -0.300. The average molecular weight is 110 g/mol. The molecule has 8 heavy (non-hydrogen) atoms. The summed E-state index contributed by atoms with van der Waals surface area (Å²) in [6, 6.07) is 0. The molecule has 0 spiro atoms. The van der Waals surface area contributed by atoms with E-state index >= 15 is 0 Å². The maximum absolute atomic E-state index is 9.17. The summed E-state index contributed by atoms with van der Waals surface area (Å²) in [6.07, 6.45) is 6.60. The first kappa shape index (κ1) is 4.57. The third kappa shape index (κ3) is 0.451. The summed E-state index contributed by atoms with van der Waals surface area (Å²) in [5.41, 5.74) is 0. The number of aliphatic hydroxyl groups is 1. The topological polar surface area (TPSA) is 20.2 Å². The highest BCUT2D eigenvalue weighted by molar-refractivity contribution is 5.10. The van der Waals surface area contributed by atoms with Crippen molar-refractivity contribution in [2.24, 2.45) is 11.8 Å². The van der Waals surface area contributed by atoms with E-state index in [4.69, 9.17) is 5.11 Å². The molecule has 1 saturated carbocycles. The van der Waals surface area contributed by atoms with E-state index in [9.17, 15) is 0 Å². The molecule has 2 aliphatic carbocycles. The van der Waals surface area contributed by atoms with E-state index in [0.29, 0.717) is 5.92 Å². The zero-order valence-electron chi connectivity index (χ0n) is 4.75. The van der Waals surface area contributed by atoms with Gasteiger partial charge in [0.1, 0.15) is 0 Å². The molecule has 0 aliphatic heterocycles. The van der Waals surface area contributed by atoms with E-state index in [2.05, 4.69) is 12.2 Å². The van der Waals surface area contributed by atoms with Gasteiger partial charge in [-0.3, -0.25) is 0 Å². The fourth-order valence-electron chi connectivity index (χ4n) is 1.75. The van der Waals surface area contributed by atoms with Gasteiger partial charge in [0.25, 0.3) is 0 Å². The van der Waals surface area contributed by atoms with Crippen LogP contribution in [-0.4, -0.2) is 11.2 Å². The van der Waals surface area contributed by atoms with Crippen LogP contribution >= 0.6 is 0 Å². The lowest BCUT2D eigenvalue weighted by Gasteiger charge is -2.08. The second kappa shape index (κ2) is 1.35. The molecule has 44 valence electrons. The van der Waals surface area contributed by atoms with E-state index in [1.54, 1.807) is 0 Å². The molecule has 0 aromatic carbocycles. The van der Waals surface area contributed by atoms with Gasteiger partial charge in [-0.05, 0) is 18.8 Å². The van der Waals surface area contributed by atoms with Crippen LogP contribution in [0.4, 0.5) is 0 Å². The molecule has 0 saturated heterocycles. The van der Waals surface area contributed by atoms with E-state index in [0.717, 1.165) is 12.3 Å². The number of allylic oxidation sites excluding steroid dienone is 1. The van der Waals surface area contributed by atoms with Crippen LogP contribution in [0, 0.1) is 11.8 Å². The number of aliphatic hydroxyl groups excluding tert-OH is 1. The van der Waals surface area contributed by atoms with Crippen molar-refractivity contribution in [1.29, 1.82) is 0 Å². The summed E-state index contributed by atoms with van der Waals surface area (Å²) < 4.78 is 0. The van der Waals surface area contributed by atoms with Gasteiger partial charge in [0.05, 0.1) is 6.10 Å². The van der Waals surface area contributed by atoms with Crippen molar-refractivity contribution in [2.75, 3.05) is 0 Å². The van der Waals surface area contributed by atoms with E-state index in [1.165, 1.54) is 6.42 Å². The first-order chi connectivity index (χ1) is 3.86. The lowest BCUT2D eigenvalue weighted by molar-refractivity contribution is 0.148. The van der Waals surface area contributed by atoms with Crippen molar-refractivity contribution in [3.63, 3.8) is 0 Å². The van der Waals surface area contributed by atoms with Crippen molar-refractivity contribution in [2.45, 2.75) is 18.9 Å². The Morgan fingerprint density at radius 2 is 2.12 bits per heavy atom. The molecule has 3 atom stereocenters. The lowest BCUT2D eigenvalue weighted by atomic mass is 10.1. The minimum atomic E-state index is -0.00926. The fourth-order valence-corrected chi connectivity index (χ4v) is 1.75. The van der Waals surface area contributed by atoms with Crippen LogP contribution in [0.2, 0.25) is 0 Å². The lowest BCUT2D eigenvalue weighted by Crippen LogP contribution is -2.11. The standard InChI is InChI=1S/C7H10O/c8-7-4-5-1-2-6(7)3-5/h1-2,5-8H,3-4H2/t5-,6+,7-/m0/s1. The predicted octanol–water partition coefficient (Wildman–Crippen LogP) is 0.943. The highest BCUT2D eigenvalue weighted by atomic mass is 16.3. The Bertz CT molecular complexity index is 128. The molecule has 2 aliphatic rings. The van der Waals surface area contributed by atoms with Gasteiger partial charge >= 0.3 is 0 Å². The summed E-state index contributed by atoms with van der Waals surface area (Å²) in [6.45, 7) is 0. The normalized spacial score (nSPS) is 50.9. The third-order valence-electron chi connectivity index (χ3n) is 2.24. The minimum absolute atomic E-state index is 0.00926. The van der Waals surface area contributed by atoms with Crippen molar-refractivity contribution in [3.8, 4) is 0 Å². The maximum atomic E-state index is 9.17. The summed E-state index contributed by atoms with van der Waals surface area (Å²) in [5, 5.41) is 9.17. The summed E-state index contributed by atoms with van der Waals surface area (Å²) in [4.78, 5) is 0. The average Bonchev–Trinajstić information content (AvgIpc) is 2.23. The van der Waals surface area contributed by atoms with Crippen molar-refractivity contribution < 1.29 is 5.11 Å². The predicted molar refractivity (Wildman–Crippen MR) is 31.4 cm³/mol. The minimum Gasteiger partial charge on any atom is -0.392 e. The van der Waals surface area contributed by atoms with Crippen LogP contribution in [0.3, 0.4) is 0 Å². The van der Waals surface area contributed by atoms with Crippen LogP contribution in [0.25, 0.3) is 0 Å². The van der Waals surface area contributed by atoms with Crippen LogP contribution in [0.15, 0.2) is 12.2 Å². The number of hydrogen-bond acceptors (Lipinski definition) is 1. The largest absolute Gasteiger partial charge is 0.392 e. The van der Waals surface area contributed by atoms with Crippen LogP contribution < -0.4 is 0 Å². The maximum Gasteiger partial charge on any atom is 0.0608 e. The van der Waals surface area contributed by atoms with Gasteiger partial charge in [-0.15, -0.1) is 0 Å². The first-order valence-electron chi connectivity index (χ1n) is 3.22. The van der Waals surface area contributed by atoms with Gasteiger partial charge in [-0.25, -0.2) is 0 Å². The number of hydrogen-bond donors (Lipinski definition) is 1. The monoisotopic (exact) mass is 110 g/mol. The van der Waals surface area contributed by atoms with E-state index in [-0.39, 0.29) is 6.10 Å². The molecule has 0 radical (unpaired) electrons. The molecule has 1 fully saturated rings. The van der Waals surface area contributed by atoms with Crippen LogP contribution in [0.1, 0.15) is 12.8 Å². The van der Waals surface area contributed by atoms with Crippen molar-refractivity contribution in [1.82, 2.24) is 0 Å². The third-order valence-corrected chi connectivity index (χ3v) is 2.24. The van der Waals surface area contributed by atoms with Crippen molar-refractivity contribution in [3.05, 3.63) is 12.2 Å². The molecule has 2 bridgehead atoms. The SMILES string of the molecule is O[C@H]1C[C@H]2C=C[C@@H]1C2. The molecule has 1 N–H and O–H groups in total. The first-order valence-corrected chi connectivity index (χ1v) is 3.22. The molecule has 0 aromatic heterocycles. The Labute approximate surface area is 49.0 Å². The van der Waals surface area contributed by atoms with Gasteiger partial charge in [0.2, 0.25) is 0 Å². The molecule has 0 unspecified atom stereocenters. The smallest absolute Gasteiger partial charge is 0.0608 e. The quantitative estimate of drug-likeness (QED) is 0.460. The van der Waals surface area contributed by atoms with E-state index < -0.39 is 0 Å². The molecule has 0 aromatic rings. The van der Waals surface area contributed by atoms with E-state index in [1.807, 2.05) is 0 Å². The number of rotatable bonds is 0. The van der Waals surface area contributed by atoms with Gasteiger partial charge < -0.3 is 5.11 Å². The molecule has 0 amide bonds. The van der Waals surface area contributed by atoms with Gasteiger partial charge in [-0.1, -0.05) is 12.2 Å². The molecule has 2 rings (SSSR count). The molecule has 1 heteroatoms. The molecule has 0 heterocycles. The van der Waals surface area contributed by atoms with Crippen LogP contribution in [-0.2, 0) is 0 Å². The molecule has 1 nitrogen and oxygen atoms in total. The molecular weight excluding hydrogens is 100 g/mol.